The summed E-state index contributed by atoms with van der Waals surface area (Å²) < 4.78 is 0. The summed E-state index contributed by atoms with van der Waals surface area (Å²) in [6, 6.07) is 0.805. The molecule has 142 valence electrons. The Morgan fingerprint density at radius 2 is 1.36 bits per heavy atom. The molecule has 0 aromatic heterocycles. The molecule has 0 unspecified atom stereocenters. The molecule has 0 radical (unpaired) electrons. The van der Waals surface area contributed by atoms with Crippen LogP contribution in [0, 0.1) is 11.8 Å². The van der Waals surface area contributed by atoms with Gasteiger partial charge in [0.2, 0.25) is 5.91 Å². The van der Waals surface area contributed by atoms with Gasteiger partial charge in [-0.15, -0.1) is 0 Å². The van der Waals surface area contributed by atoms with Crippen molar-refractivity contribution in [3.8, 4) is 0 Å². The van der Waals surface area contributed by atoms with Gasteiger partial charge in [-0.1, -0.05) is 26.2 Å². The average Bonchev–Trinajstić information content (AvgIpc) is 2.64. The zero-order valence-electron chi connectivity index (χ0n) is 15.8. The summed E-state index contributed by atoms with van der Waals surface area (Å²) in [7, 11) is 0. The van der Waals surface area contributed by atoms with Crippen LogP contribution in [-0.2, 0) is 4.79 Å². The fourth-order valence-electron chi connectivity index (χ4n) is 4.58. The van der Waals surface area contributed by atoms with Crippen LogP contribution >= 0.6 is 0 Å². The highest BCUT2D eigenvalue weighted by atomic mass is 16.2. The first kappa shape index (κ1) is 18.5. The second kappa shape index (κ2) is 8.91. The number of rotatable bonds is 3. The van der Waals surface area contributed by atoms with Crippen molar-refractivity contribution in [2.45, 2.75) is 89.6 Å². The normalized spacial score (nSPS) is 29.2. The number of hydrogen-bond acceptors (Lipinski definition) is 2. The Morgan fingerprint density at radius 3 is 2.00 bits per heavy atom. The van der Waals surface area contributed by atoms with Gasteiger partial charge in [-0.3, -0.25) is 4.79 Å². The van der Waals surface area contributed by atoms with E-state index in [-0.39, 0.29) is 17.9 Å². The summed E-state index contributed by atoms with van der Waals surface area (Å²) in [6.45, 7) is 3.71. The van der Waals surface area contributed by atoms with Crippen LogP contribution < -0.4 is 10.6 Å². The van der Waals surface area contributed by atoms with E-state index in [1.54, 1.807) is 0 Å². The number of carbonyl (C=O) groups excluding carboxylic acids is 2. The zero-order chi connectivity index (χ0) is 17.6. The van der Waals surface area contributed by atoms with Gasteiger partial charge in [-0.25, -0.2) is 4.79 Å². The molecule has 3 amide bonds. The lowest BCUT2D eigenvalue weighted by molar-refractivity contribution is -0.127. The second-order valence-corrected chi connectivity index (χ2v) is 8.51. The van der Waals surface area contributed by atoms with Gasteiger partial charge < -0.3 is 15.5 Å². The molecule has 0 atom stereocenters. The molecule has 1 saturated heterocycles. The third-order valence-electron chi connectivity index (χ3n) is 6.45. The van der Waals surface area contributed by atoms with Crippen molar-refractivity contribution in [3.63, 3.8) is 0 Å². The molecule has 3 rings (SSSR count). The van der Waals surface area contributed by atoms with Crippen molar-refractivity contribution in [3.05, 3.63) is 0 Å². The number of nitrogens with one attached hydrogen (secondary N) is 2. The van der Waals surface area contributed by atoms with Crippen LogP contribution in [-0.4, -0.2) is 42.0 Å². The quantitative estimate of drug-likeness (QED) is 0.820. The third-order valence-corrected chi connectivity index (χ3v) is 6.45. The minimum absolute atomic E-state index is 0.0760. The van der Waals surface area contributed by atoms with Crippen LogP contribution in [0.15, 0.2) is 0 Å². The number of hydrogen-bond donors (Lipinski definition) is 2. The SMILES string of the molecule is CC1CCC(NC(=O)C2CCN(C(=O)NC3CCCCC3)CC2)CC1. The van der Waals surface area contributed by atoms with Gasteiger partial charge in [0, 0.05) is 31.1 Å². The van der Waals surface area contributed by atoms with Gasteiger partial charge in [0.25, 0.3) is 0 Å². The zero-order valence-corrected chi connectivity index (χ0v) is 15.8. The lowest BCUT2D eigenvalue weighted by Gasteiger charge is -2.34. The molecule has 1 heterocycles. The molecule has 25 heavy (non-hydrogen) atoms. The molecule has 3 fully saturated rings. The predicted octanol–water partition coefficient (Wildman–Crippen LogP) is 3.44. The van der Waals surface area contributed by atoms with Gasteiger partial charge in [-0.2, -0.15) is 0 Å². The van der Waals surface area contributed by atoms with E-state index in [1.807, 2.05) is 4.90 Å². The molecule has 2 saturated carbocycles. The second-order valence-electron chi connectivity index (χ2n) is 8.51. The maximum absolute atomic E-state index is 12.5. The molecule has 5 nitrogen and oxygen atoms in total. The molecule has 0 aromatic rings. The lowest BCUT2D eigenvalue weighted by atomic mass is 9.86. The minimum atomic E-state index is 0.0760. The van der Waals surface area contributed by atoms with Crippen molar-refractivity contribution in [2.24, 2.45) is 11.8 Å². The Morgan fingerprint density at radius 1 is 0.760 bits per heavy atom. The summed E-state index contributed by atoms with van der Waals surface area (Å²) in [5.41, 5.74) is 0. The number of urea groups is 1. The predicted molar refractivity (Wildman–Crippen MR) is 99.3 cm³/mol. The molecule has 3 aliphatic rings. The van der Waals surface area contributed by atoms with Crippen LogP contribution in [0.1, 0.15) is 77.6 Å². The lowest BCUT2D eigenvalue weighted by Crippen LogP contribution is -2.50. The Balaban J connectivity index is 1.37. The largest absolute Gasteiger partial charge is 0.353 e. The average molecular weight is 350 g/mol. The van der Waals surface area contributed by atoms with Crippen LogP contribution in [0.3, 0.4) is 0 Å². The summed E-state index contributed by atoms with van der Waals surface area (Å²) in [4.78, 5) is 26.8. The van der Waals surface area contributed by atoms with Crippen molar-refractivity contribution < 1.29 is 9.59 Å². The molecule has 0 aromatic carbocycles. The van der Waals surface area contributed by atoms with E-state index >= 15 is 0 Å². The van der Waals surface area contributed by atoms with E-state index in [4.69, 9.17) is 0 Å². The molecule has 5 heteroatoms. The van der Waals surface area contributed by atoms with Gasteiger partial charge >= 0.3 is 6.03 Å². The number of likely N-dealkylation sites (tertiary alicyclic amines) is 1. The van der Waals surface area contributed by atoms with E-state index in [2.05, 4.69) is 17.6 Å². The van der Waals surface area contributed by atoms with Crippen LogP contribution in [0.2, 0.25) is 0 Å². The smallest absolute Gasteiger partial charge is 0.317 e. The van der Waals surface area contributed by atoms with Gasteiger partial charge in [0.1, 0.15) is 0 Å². The first-order chi connectivity index (χ1) is 12.1. The number of amides is 3. The van der Waals surface area contributed by atoms with Gasteiger partial charge in [-0.05, 0) is 57.3 Å². The van der Waals surface area contributed by atoms with E-state index in [0.717, 1.165) is 44.4 Å². The summed E-state index contributed by atoms with van der Waals surface area (Å²) in [6.07, 6.45) is 12.3. The molecular formula is C20H35N3O2. The van der Waals surface area contributed by atoms with E-state index in [1.165, 1.54) is 32.1 Å². The maximum Gasteiger partial charge on any atom is 0.317 e. The fraction of sp³-hybridized carbons (Fsp3) is 0.900. The Bertz CT molecular complexity index is 446. The molecule has 2 aliphatic carbocycles. The number of carbonyl (C=O) groups is 2. The third kappa shape index (κ3) is 5.35. The van der Waals surface area contributed by atoms with Crippen LogP contribution in [0.4, 0.5) is 4.79 Å². The van der Waals surface area contributed by atoms with Gasteiger partial charge in [0.05, 0.1) is 0 Å². The van der Waals surface area contributed by atoms with Crippen molar-refractivity contribution >= 4 is 11.9 Å². The standard InChI is InChI=1S/C20H35N3O2/c1-15-7-9-18(10-8-15)21-19(24)16-11-13-23(14-12-16)20(25)22-17-5-3-2-4-6-17/h15-18H,2-14H2,1H3,(H,21,24)(H,22,25). The highest BCUT2D eigenvalue weighted by Gasteiger charge is 2.30. The molecular weight excluding hydrogens is 314 g/mol. The number of piperidine rings is 1. The Kier molecular flexibility index (Phi) is 6.60. The topological polar surface area (TPSA) is 61.4 Å². The monoisotopic (exact) mass is 349 g/mol. The van der Waals surface area contributed by atoms with Crippen molar-refractivity contribution in [1.29, 1.82) is 0 Å². The number of nitrogens with zero attached hydrogens (tertiary/aromatic N) is 1. The molecule has 1 aliphatic heterocycles. The highest BCUT2D eigenvalue weighted by molar-refractivity contribution is 5.80. The van der Waals surface area contributed by atoms with E-state index < -0.39 is 0 Å². The molecule has 0 bridgehead atoms. The van der Waals surface area contributed by atoms with Crippen LogP contribution in [0.25, 0.3) is 0 Å². The van der Waals surface area contributed by atoms with E-state index in [9.17, 15) is 9.59 Å². The summed E-state index contributed by atoms with van der Waals surface area (Å²) in [5.74, 6) is 1.10. The Hall–Kier alpha value is -1.26. The highest BCUT2D eigenvalue weighted by Crippen LogP contribution is 2.25. The molecule has 2 N–H and O–H groups in total. The van der Waals surface area contributed by atoms with Crippen molar-refractivity contribution in [1.82, 2.24) is 15.5 Å². The van der Waals surface area contributed by atoms with E-state index in [0.29, 0.717) is 25.2 Å². The molecule has 0 spiro atoms. The van der Waals surface area contributed by atoms with Crippen LogP contribution in [0.5, 0.6) is 0 Å². The maximum atomic E-state index is 12.5. The first-order valence-corrected chi connectivity index (χ1v) is 10.5. The minimum Gasteiger partial charge on any atom is -0.353 e. The van der Waals surface area contributed by atoms with Gasteiger partial charge in [0.15, 0.2) is 0 Å². The van der Waals surface area contributed by atoms with Crippen molar-refractivity contribution in [2.75, 3.05) is 13.1 Å². The summed E-state index contributed by atoms with van der Waals surface area (Å²) in [5, 5.41) is 6.45. The Labute approximate surface area is 152 Å². The fourth-order valence-corrected chi connectivity index (χ4v) is 4.58. The first-order valence-electron chi connectivity index (χ1n) is 10.5. The summed E-state index contributed by atoms with van der Waals surface area (Å²) >= 11 is 0.